The lowest BCUT2D eigenvalue weighted by atomic mass is 10.1. The monoisotopic (exact) mass is 335 g/mol. The Balaban J connectivity index is 1.79. The van der Waals surface area contributed by atoms with E-state index in [1.54, 1.807) is 12.1 Å². The molecule has 0 unspecified atom stereocenters. The third kappa shape index (κ3) is 5.36. The third-order valence-corrected chi connectivity index (χ3v) is 4.20. The highest BCUT2D eigenvalue weighted by Gasteiger charge is 2.09. The van der Waals surface area contributed by atoms with Gasteiger partial charge in [0.2, 0.25) is 5.91 Å². The van der Waals surface area contributed by atoms with E-state index < -0.39 is 0 Å². The molecule has 0 saturated heterocycles. The molecule has 1 N–H and O–H groups in total. The lowest BCUT2D eigenvalue weighted by Gasteiger charge is -2.14. The first-order valence-electron chi connectivity index (χ1n) is 7.32. The van der Waals surface area contributed by atoms with Crippen LogP contribution < -0.4 is 5.32 Å². The van der Waals surface area contributed by atoms with Crippen molar-refractivity contribution < 1.29 is 4.79 Å². The first kappa shape index (κ1) is 16.9. The zero-order chi connectivity index (χ0) is 15.9. The number of amides is 1. The molecule has 0 saturated carbocycles. The van der Waals surface area contributed by atoms with Crippen molar-refractivity contribution in [1.82, 2.24) is 5.32 Å². The minimum absolute atomic E-state index is 0.000971. The Morgan fingerprint density at radius 1 is 1.05 bits per heavy atom. The van der Waals surface area contributed by atoms with Crippen molar-refractivity contribution in [2.75, 3.05) is 0 Å². The summed E-state index contributed by atoms with van der Waals surface area (Å²) in [5, 5.41) is 4.00. The molecule has 0 radical (unpaired) electrons. The number of nitrogens with one attached hydrogen (secondary N) is 1. The number of aryl methyl sites for hydroxylation is 1. The van der Waals surface area contributed by atoms with Crippen molar-refractivity contribution >= 4 is 29.1 Å². The number of carbonyl (C=O) groups excluding carboxylic acids is 1. The summed E-state index contributed by atoms with van der Waals surface area (Å²) in [6.07, 6.45) is 2.18. The summed E-state index contributed by atoms with van der Waals surface area (Å²) in [4.78, 5) is 12.0. The lowest BCUT2D eigenvalue weighted by Crippen LogP contribution is -2.34. The molecule has 0 aliphatic rings. The third-order valence-electron chi connectivity index (χ3n) is 3.46. The molecule has 0 spiro atoms. The molecule has 0 aromatic heterocycles. The fourth-order valence-electron chi connectivity index (χ4n) is 2.26. The van der Waals surface area contributed by atoms with Gasteiger partial charge in [-0.15, -0.1) is 0 Å². The molecule has 1 atom stereocenters. The van der Waals surface area contributed by atoms with E-state index in [1.807, 2.05) is 31.2 Å². The molecule has 2 nitrogen and oxygen atoms in total. The molecule has 2 aromatic rings. The number of halogens is 2. The van der Waals surface area contributed by atoms with Gasteiger partial charge < -0.3 is 5.32 Å². The van der Waals surface area contributed by atoms with Gasteiger partial charge >= 0.3 is 0 Å². The zero-order valence-electron chi connectivity index (χ0n) is 12.5. The second kappa shape index (κ2) is 8.21. The van der Waals surface area contributed by atoms with E-state index in [2.05, 4.69) is 17.4 Å². The SMILES string of the molecule is C[C@H](CCc1ccccc1)NC(=O)Cc1ccc(Cl)c(Cl)c1. The lowest BCUT2D eigenvalue weighted by molar-refractivity contribution is -0.121. The maximum absolute atomic E-state index is 12.0. The van der Waals surface area contributed by atoms with E-state index in [1.165, 1.54) is 5.56 Å². The van der Waals surface area contributed by atoms with Crippen LogP contribution in [-0.2, 0) is 17.6 Å². The second-order valence-corrected chi connectivity index (χ2v) is 6.23. The first-order chi connectivity index (χ1) is 10.5. The van der Waals surface area contributed by atoms with Crippen LogP contribution >= 0.6 is 23.2 Å². The van der Waals surface area contributed by atoms with Gasteiger partial charge in [0, 0.05) is 6.04 Å². The molecule has 0 heterocycles. The molecule has 2 rings (SSSR count). The summed E-state index contributed by atoms with van der Waals surface area (Å²) in [6.45, 7) is 2.02. The van der Waals surface area contributed by atoms with Crippen molar-refractivity contribution in [2.45, 2.75) is 32.2 Å². The van der Waals surface area contributed by atoms with Crippen LogP contribution in [0.5, 0.6) is 0 Å². The molecule has 1 amide bonds. The molecule has 116 valence electrons. The number of benzene rings is 2. The summed E-state index contributed by atoms with van der Waals surface area (Å²) in [6, 6.07) is 15.7. The van der Waals surface area contributed by atoms with E-state index in [-0.39, 0.29) is 11.9 Å². The van der Waals surface area contributed by atoms with Crippen LogP contribution in [0.25, 0.3) is 0 Å². The van der Waals surface area contributed by atoms with Crippen LogP contribution in [0, 0.1) is 0 Å². The molecule has 2 aromatic carbocycles. The van der Waals surface area contributed by atoms with Gasteiger partial charge in [0.15, 0.2) is 0 Å². The van der Waals surface area contributed by atoms with E-state index >= 15 is 0 Å². The highest BCUT2D eigenvalue weighted by molar-refractivity contribution is 6.42. The average molecular weight is 336 g/mol. The van der Waals surface area contributed by atoms with E-state index in [4.69, 9.17) is 23.2 Å². The molecule has 0 aliphatic carbocycles. The van der Waals surface area contributed by atoms with Gasteiger partial charge in [-0.05, 0) is 43.0 Å². The number of rotatable bonds is 6. The van der Waals surface area contributed by atoms with Gasteiger partial charge in [-0.3, -0.25) is 4.79 Å². The van der Waals surface area contributed by atoms with E-state index in [0.717, 1.165) is 18.4 Å². The number of hydrogen-bond acceptors (Lipinski definition) is 1. The maximum Gasteiger partial charge on any atom is 0.224 e. The smallest absolute Gasteiger partial charge is 0.224 e. The summed E-state index contributed by atoms with van der Waals surface area (Å²) in [7, 11) is 0. The minimum Gasteiger partial charge on any atom is -0.353 e. The van der Waals surface area contributed by atoms with Crippen molar-refractivity contribution in [3.63, 3.8) is 0 Å². The highest BCUT2D eigenvalue weighted by Crippen LogP contribution is 2.22. The molecule has 0 aliphatic heterocycles. The number of hydrogen-bond donors (Lipinski definition) is 1. The van der Waals surface area contributed by atoms with Gasteiger partial charge in [-0.25, -0.2) is 0 Å². The van der Waals surface area contributed by atoms with Crippen molar-refractivity contribution in [2.24, 2.45) is 0 Å². The second-order valence-electron chi connectivity index (χ2n) is 5.42. The highest BCUT2D eigenvalue weighted by atomic mass is 35.5. The summed E-state index contributed by atoms with van der Waals surface area (Å²) >= 11 is 11.8. The molecule has 22 heavy (non-hydrogen) atoms. The van der Waals surface area contributed by atoms with Gasteiger partial charge in [0.05, 0.1) is 16.5 Å². The standard InChI is InChI=1S/C18H19Cl2NO/c1-13(7-8-14-5-3-2-4-6-14)21-18(22)12-15-9-10-16(19)17(20)11-15/h2-6,9-11,13H,7-8,12H2,1H3,(H,21,22)/t13-/m1/s1. The van der Waals surface area contributed by atoms with Crippen molar-refractivity contribution in [3.8, 4) is 0 Å². The normalized spacial score (nSPS) is 12.0. The largest absolute Gasteiger partial charge is 0.353 e. The Bertz CT molecular complexity index is 628. The Morgan fingerprint density at radius 3 is 2.45 bits per heavy atom. The molecule has 0 bridgehead atoms. The quantitative estimate of drug-likeness (QED) is 0.816. The van der Waals surface area contributed by atoms with Crippen LogP contribution in [0.4, 0.5) is 0 Å². The van der Waals surface area contributed by atoms with Gasteiger partial charge in [0.25, 0.3) is 0 Å². The average Bonchev–Trinajstić information content (AvgIpc) is 2.50. The van der Waals surface area contributed by atoms with Crippen LogP contribution in [0.3, 0.4) is 0 Å². The predicted octanol–water partition coefficient (Wildman–Crippen LogP) is 4.67. The minimum atomic E-state index is -0.000971. The fourth-order valence-corrected chi connectivity index (χ4v) is 2.58. The van der Waals surface area contributed by atoms with Gasteiger partial charge in [0.1, 0.15) is 0 Å². The summed E-state index contributed by atoms with van der Waals surface area (Å²) in [5.74, 6) is -0.000971. The van der Waals surface area contributed by atoms with Crippen molar-refractivity contribution in [1.29, 1.82) is 0 Å². The fraction of sp³-hybridized carbons (Fsp3) is 0.278. The first-order valence-corrected chi connectivity index (χ1v) is 8.07. The van der Waals surface area contributed by atoms with Crippen molar-refractivity contribution in [3.05, 3.63) is 69.7 Å². The zero-order valence-corrected chi connectivity index (χ0v) is 14.0. The summed E-state index contributed by atoms with van der Waals surface area (Å²) < 4.78 is 0. The molecule has 4 heteroatoms. The van der Waals surface area contributed by atoms with E-state index in [9.17, 15) is 4.79 Å². The van der Waals surface area contributed by atoms with E-state index in [0.29, 0.717) is 16.5 Å². The Morgan fingerprint density at radius 2 is 1.77 bits per heavy atom. The maximum atomic E-state index is 12.0. The molecular formula is C18H19Cl2NO. The summed E-state index contributed by atoms with van der Waals surface area (Å²) in [5.41, 5.74) is 2.15. The Hall–Kier alpha value is -1.51. The number of carbonyl (C=O) groups is 1. The Labute approximate surface area is 141 Å². The van der Waals surface area contributed by atoms with Crippen LogP contribution in [-0.4, -0.2) is 11.9 Å². The van der Waals surface area contributed by atoms with Crippen LogP contribution in [0.15, 0.2) is 48.5 Å². The van der Waals surface area contributed by atoms with Gasteiger partial charge in [-0.2, -0.15) is 0 Å². The van der Waals surface area contributed by atoms with Gasteiger partial charge in [-0.1, -0.05) is 59.6 Å². The molecule has 0 fully saturated rings. The Kier molecular flexibility index (Phi) is 6.29. The van der Waals surface area contributed by atoms with Crippen LogP contribution in [0.2, 0.25) is 10.0 Å². The van der Waals surface area contributed by atoms with Crippen LogP contribution in [0.1, 0.15) is 24.5 Å². The topological polar surface area (TPSA) is 29.1 Å². The predicted molar refractivity (Wildman–Crippen MR) is 92.5 cm³/mol. The molecular weight excluding hydrogens is 317 g/mol.